The first kappa shape index (κ1) is 19.0. The van der Waals surface area contributed by atoms with Crippen LogP contribution in [-0.4, -0.2) is 24.5 Å². The van der Waals surface area contributed by atoms with Gasteiger partial charge in [-0.25, -0.2) is 0 Å². The van der Waals surface area contributed by atoms with Gasteiger partial charge in [0.15, 0.2) is 0 Å². The Balaban J connectivity index is 1.66. The standard InChI is InChI=1S/C22H26N2O3/c1-14(2)27-19-10-8-18(9-11-19)23-22(26)17-12-21(25)24(13-17)20-7-5-6-15(3)16(20)4/h5-11,14,17H,12-13H2,1-4H3,(H,23,26). The number of aryl methyl sites for hydroxylation is 1. The van der Waals surface area contributed by atoms with Crippen molar-refractivity contribution in [3.8, 4) is 5.75 Å². The van der Waals surface area contributed by atoms with Crippen LogP contribution in [0.3, 0.4) is 0 Å². The molecule has 0 radical (unpaired) electrons. The van der Waals surface area contributed by atoms with E-state index in [1.807, 2.05) is 70.2 Å². The minimum atomic E-state index is -0.357. The van der Waals surface area contributed by atoms with Crippen molar-refractivity contribution in [1.29, 1.82) is 0 Å². The lowest BCUT2D eigenvalue weighted by Crippen LogP contribution is -2.28. The monoisotopic (exact) mass is 366 g/mol. The molecular formula is C22H26N2O3. The molecule has 1 atom stereocenters. The maximum Gasteiger partial charge on any atom is 0.229 e. The van der Waals surface area contributed by atoms with Gasteiger partial charge in [-0.15, -0.1) is 0 Å². The number of anilines is 2. The molecule has 1 aliphatic heterocycles. The average molecular weight is 366 g/mol. The number of rotatable bonds is 5. The van der Waals surface area contributed by atoms with Crippen LogP contribution in [0.2, 0.25) is 0 Å². The number of carbonyl (C=O) groups excluding carboxylic acids is 2. The maximum atomic E-state index is 12.6. The molecule has 2 aromatic carbocycles. The van der Waals surface area contributed by atoms with Crippen molar-refractivity contribution >= 4 is 23.2 Å². The Kier molecular flexibility index (Phi) is 5.49. The van der Waals surface area contributed by atoms with E-state index in [9.17, 15) is 9.59 Å². The fourth-order valence-electron chi connectivity index (χ4n) is 3.28. The number of amides is 2. The molecule has 1 heterocycles. The van der Waals surface area contributed by atoms with E-state index in [1.54, 1.807) is 4.90 Å². The summed E-state index contributed by atoms with van der Waals surface area (Å²) in [5, 5.41) is 2.91. The van der Waals surface area contributed by atoms with Gasteiger partial charge in [0.05, 0.1) is 12.0 Å². The van der Waals surface area contributed by atoms with Crippen LogP contribution in [0.1, 0.15) is 31.4 Å². The van der Waals surface area contributed by atoms with Gasteiger partial charge in [0.2, 0.25) is 11.8 Å². The second-order valence-corrected chi connectivity index (χ2v) is 7.30. The molecule has 1 saturated heterocycles. The number of nitrogens with zero attached hydrogens (tertiary/aromatic N) is 1. The summed E-state index contributed by atoms with van der Waals surface area (Å²) in [7, 11) is 0. The number of hydrogen-bond donors (Lipinski definition) is 1. The van der Waals surface area contributed by atoms with E-state index in [0.717, 1.165) is 22.6 Å². The van der Waals surface area contributed by atoms with E-state index in [4.69, 9.17) is 4.74 Å². The van der Waals surface area contributed by atoms with Crippen LogP contribution in [0.4, 0.5) is 11.4 Å². The van der Waals surface area contributed by atoms with E-state index in [-0.39, 0.29) is 30.3 Å². The Morgan fingerprint density at radius 3 is 2.52 bits per heavy atom. The van der Waals surface area contributed by atoms with Gasteiger partial charge in [-0.2, -0.15) is 0 Å². The summed E-state index contributed by atoms with van der Waals surface area (Å²) in [5.41, 5.74) is 3.81. The fraction of sp³-hybridized carbons (Fsp3) is 0.364. The van der Waals surface area contributed by atoms with Crippen LogP contribution in [0.15, 0.2) is 42.5 Å². The first-order valence-corrected chi connectivity index (χ1v) is 9.29. The normalized spacial score (nSPS) is 16.7. The molecule has 0 aromatic heterocycles. The van der Waals surface area contributed by atoms with Gasteiger partial charge in [-0.1, -0.05) is 12.1 Å². The molecule has 0 saturated carbocycles. The predicted molar refractivity (Wildman–Crippen MR) is 107 cm³/mol. The lowest BCUT2D eigenvalue weighted by atomic mass is 10.1. The van der Waals surface area contributed by atoms with Crippen molar-refractivity contribution in [1.82, 2.24) is 0 Å². The van der Waals surface area contributed by atoms with Gasteiger partial charge in [-0.3, -0.25) is 9.59 Å². The van der Waals surface area contributed by atoms with Crippen molar-refractivity contribution < 1.29 is 14.3 Å². The Morgan fingerprint density at radius 1 is 1.15 bits per heavy atom. The van der Waals surface area contributed by atoms with Crippen LogP contribution in [-0.2, 0) is 9.59 Å². The number of ether oxygens (including phenoxy) is 1. The SMILES string of the molecule is Cc1cccc(N2CC(C(=O)Nc3ccc(OC(C)C)cc3)CC2=O)c1C. The molecule has 1 unspecified atom stereocenters. The molecule has 0 aliphatic carbocycles. The van der Waals surface area contributed by atoms with Gasteiger partial charge in [0.1, 0.15) is 5.75 Å². The van der Waals surface area contributed by atoms with Crippen molar-refractivity contribution in [2.45, 2.75) is 40.2 Å². The second kappa shape index (κ2) is 7.82. The zero-order chi connectivity index (χ0) is 19.6. The van der Waals surface area contributed by atoms with Crippen molar-refractivity contribution in [2.24, 2.45) is 5.92 Å². The van der Waals surface area contributed by atoms with Crippen LogP contribution >= 0.6 is 0 Å². The highest BCUT2D eigenvalue weighted by Crippen LogP contribution is 2.30. The van der Waals surface area contributed by atoms with Gasteiger partial charge in [-0.05, 0) is 69.2 Å². The third-order valence-corrected chi connectivity index (χ3v) is 4.86. The summed E-state index contributed by atoms with van der Waals surface area (Å²) in [6, 6.07) is 13.2. The van der Waals surface area contributed by atoms with Gasteiger partial charge in [0, 0.05) is 24.3 Å². The minimum absolute atomic E-state index is 0.00969. The quantitative estimate of drug-likeness (QED) is 0.867. The third-order valence-electron chi connectivity index (χ3n) is 4.86. The summed E-state index contributed by atoms with van der Waals surface area (Å²) in [6.45, 7) is 8.37. The molecule has 3 rings (SSSR count). The second-order valence-electron chi connectivity index (χ2n) is 7.30. The molecule has 2 aromatic rings. The molecule has 5 nitrogen and oxygen atoms in total. The van der Waals surface area contributed by atoms with E-state index in [0.29, 0.717) is 12.2 Å². The number of carbonyl (C=O) groups is 2. The average Bonchev–Trinajstić information content (AvgIpc) is 3.00. The molecule has 0 spiro atoms. The Morgan fingerprint density at radius 2 is 1.85 bits per heavy atom. The summed E-state index contributed by atoms with van der Waals surface area (Å²) in [6.07, 6.45) is 0.333. The maximum absolute atomic E-state index is 12.6. The van der Waals surface area contributed by atoms with Crippen LogP contribution < -0.4 is 15.0 Å². The summed E-state index contributed by atoms with van der Waals surface area (Å²) in [5.74, 6) is 0.266. The fourth-order valence-corrected chi connectivity index (χ4v) is 3.28. The zero-order valence-electron chi connectivity index (χ0n) is 16.3. The van der Waals surface area contributed by atoms with Crippen molar-refractivity contribution in [2.75, 3.05) is 16.8 Å². The summed E-state index contributed by atoms with van der Waals surface area (Å²) < 4.78 is 5.61. The molecule has 27 heavy (non-hydrogen) atoms. The smallest absolute Gasteiger partial charge is 0.229 e. The highest BCUT2D eigenvalue weighted by Gasteiger charge is 2.35. The molecule has 1 fully saturated rings. The topological polar surface area (TPSA) is 58.6 Å². The van der Waals surface area contributed by atoms with Gasteiger partial charge in [0.25, 0.3) is 0 Å². The summed E-state index contributed by atoms with van der Waals surface area (Å²) in [4.78, 5) is 26.8. The number of benzene rings is 2. The van der Waals surface area contributed by atoms with Gasteiger partial charge >= 0.3 is 0 Å². The first-order valence-electron chi connectivity index (χ1n) is 9.29. The molecule has 142 valence electrons. The largest absolute Gasteiger partial charge is 0.491 e. The Hall–Kier alpha value is -2.82. The molecule has 0 bridgehead atoms. The Labute approximate surface area is 160 Å². The number of hydrogen-bond acceptors (Lipinski definition) is 3. The lowest BCUT2D eigenvalue weighted by Gasteiger charge is -2.20. The van der Waals surface area contributed by atoms with Crippen molar-refractivity contribution in [3.63, 3.8) is 0 Å². The van der Waals surface area contributed by atoms with Crippen molar-refractivity contribution in [3.05, 3.63) is 53.6 Å². The minimum Gasteiger partial charge on any atom is -0.491 e. The molecule has 2 amide bonds. The predicted octanol–water partition coefficient (Wildman–Crippen LogP) is 4.08. The van der Waals surface area contributed by atoms with E-state index in [2.05, 4.69) is 5.32 Å². The molecule has 5 heteroatoms. The van der Waals surface area contributed by atoms with Crippen LogP contribution in [0.25, 0.3) is 0 Å². The van der Waals surface area contributed by atoms with Crippen LogP contribution in [0.5, 0.6) is 5.75 Å². The third kappa shape index (κ3) is 4.30. The summed E-state index contributed by atoms with van der Waals surface area (Å²) >= 11 is 0. The zero-order valence-corrected chi connectivity index (χ0v) is 16.3. The van der Waals surface area contributed by atoms with E-state index < -0.39 is 0 Å². The first-order chi connectivity index (χ1) is 12.8. The van der Waals surface area contributed by atoms with Crippen LogP contribution in [0, 0.1) is 19.8 Å². The molecule has 1 N–H and O–H groups in total. The molecule has 1 aliphatic rings. The van der Waals surface area contributed by atoms with Gasteiger partial charge < -0.3 is 15.0 Å². The lowest BCUT2D eigenvalue weighted by molar-refractivity contribution is -0.122. The van der Waals surface area contributed by atoms with E-state index in [1.165, 1.54) is 0 Å². The highest BCUT2D eigenvalue weighted by atomic mass is 16.5. The van der Waals surface area contributed by atoms with E-state index >= 15 is 0 Å². The Bertz CT molecular complexity index is 843. The number of nitrogens with one attached hydrogen (secondary N) is 1. The molecular weight excluding hydrogens is 340 g/mol. The highest BCUT2D eigenvalue weighted by molar-refractivity contribution is 6.03.